The van der Waals surface area contributed by atoms with Gasteiger partial charge in [0.05, 0.1) is 0 Å². The molecule has 0 radical (unpaired) electrons. The molecule has 2 fully saturated rings. The number of likely N-dealkylation sites (tertiary alicyclic amines) is 1. The number of hydrogen-bond donors (Lipinski definition) is 1. The molecule has 0 amide bonds. The summed E-state index contributed by atoms with van der Waals surface area (Å²) in [5.41, 5.74) is 2.79. The lowest BCUT2D eigenvalue weighted by Crippen LogP contribution is -2.59. The van der Waals surface area contributed by atoms with Gasteiger partial charge >= 0.3 is 0 Å². The molecule has 2 bridgehead atoms. The maximum atomic E-state index is 9.98. The van der Waals surface area contributed by atoms with Gasteiger partial charge in [0.25, 0.3) is 0 Å². The van der Waals surface area contributed by atoms with E-state index in [2.05, 4.69) is 35.2 Å². The van der Waals surface area contributed by atoms with Crippen LogP contribution in [-0.2, 0) is 11.8 Å². The molecule has 2 aromatic rings. The number of piperidine rings is 1. The molecule has 1 saturated heterocycles. The van der Waals surface area contributed by atoms with Gasteiger partial charge in [0.15, 0.2) is 0 Å². The molecule has 3 atom stereocenters. The van der Waals surface area contributed by atoms with Crippen LogP contribution in [0.4, 0.5) is 0 Å². The third-order valence-corrected chi connectivity index (χ3v) is 6.59. The predicted molar refractivity (Wildman–Crippen MR) is 98.2 cm³/mol. The summed E-state index contributed by atoms with van der Waals surface area (Å²) in [7, 11) is 0. The van der Waals surface area contributed by atoms with E-state index in [0.717, 1.165) is 25.3 Å². The summed E-state index contributed by atoms with van der Waals surface area (Å²) in [6, 6.07) is 17.1. The zero-order valence-electron chi connectivity index (χ0n) is 14.5. The predicted octanol–water partition coefficient (Wildman–Crippen LogP) is 3.89. The lowest BCUT2D eigenvalue weighted by Gasteiger charge is -2.51. The third kappa shape index (κ3) is 2.44. The first-order valence-corrected chi connectivity index (χ1v) is 9.53. The van der Waals surface area contributed by atoms with Crippen molar-refractivity contribution in [3.8, 4) is 11.5 Å². The second kappa shape index (κ2) is 5.77. The standard InChI is InChI=1S/C22H25NO2/c24-18-8-9-20-19(13-18)22-11-4-7-17(14-22)23(15-21(22)25-20)12-10-16-5-2-1-3-6-16/h1-3,5-6,8-9,13,17,21,24H,4,7,10-12,14-15H2/t17-,21-,22+/m1/s1. The zero-order valence-corrected chi connectivity index (χ0v) is 14.5. The van der Waals surface area contributed by atoms with Crippen molar-refractivity contribution < 1.29 is 9.84 Å². The minimum absolute atomic E-state index is 0.125. The van der Waals surface area contributed by atoms with E-state index in [-0.39, 0.29) is 11.5 Å². The van der Waals surface area contributed by atoms with Crippen LogP contribution in [0, 0.1) is 0 Å². The van der Waals surface area contributed by atoms with Gasteiger partial charge in [0.1, 0.15) is 17.6 Å². The van der Waals surface area contributed by atoms with Crippen molar-refractivity contribution in [2.45, 2.75) is 49.7 Å². The van der Waals surface area contributed by atoms with Crippen molar-refractivity contribution in [2.75, 3.05) is 13.1 Å². The molecule has 2 aliphatic heterocycles. The molecule has 25 heavy (non-hydrogen) atoms. The Labute approximate surface area is 149 Å². The number of benzene rings is 2. The quantitative estimate of drug-likeness (QED) is 0.923. The average molecular weight is 335 g/mol. The van der Waals surface area contributed by atoms with E-state index in [1.807, 2.05) is 12.1 Å². The SMILES string of the molecule is Oc1ccc2c(c1)[C@]13CCC[C@H](C1)N(CCc1ccccc1)C[C@H]3O2. The number of aromatic hydroxyl groups is 1. The van der Waals surface area contributed by atoms with Crippen LogP contribution in [-0.4, -0.2) is 35.2 Å². The van der Waals surface area contributed by atoms with Crippen LogP contribution in [0.1, 0.15) is 36.8 Å². The molecule has 2 aromatic carbocycles. The molecule has 0 aromatic heterocycles. The lowest BCUT2D eigenvalue weighted by atomic mass is 9.63. The van der Waals surface area contributed by atoms with Crippen LogP contribution in [0.15, 0.2) is 48.5 Å². The Balaban J connectivity index is 1.39. The summed E-state index contributed by atoms with van der Waals surface area (Å²) in [6.45, 7) is 2.11. The molecular weight excluding hydrogens is 310 g/mol. The highest BCUT2D eigenvalue weighted by Crippen LogP contribution is 2.55. The summed E-state index contributed by atoms with van der Waals surface area (Å²) >= 11 is 0. The number of nitrogens with zero attached hydrogens (tertiary/aromatic N) is 1. The van der Waals surface area contributed by atoms with Crippen molar-refractivity contribution >= 4 is 0 Å². The number of hydrogen-bond acceptors (Lipinski definition) is 3. The molecule has 3 nitrogen and oxygen atoms in total. The molecule has 3 aliphatic rings. The van der Waals surface area contributed by atoms with Gasteiger partial charge in [-0.1, -0.05) is 36.8 Å². The Morgan fingerprint density at radius 3 is 2.92 bits per heavy atom. The van der Waals surface area contributed by atoms with Gasteiger partial charge in [-0.3, -0.25) is 4.90 Å². The monoisotopic (exact) mass is 335 g/mol. The lowest BCUT2D eigenvalue weighted by molar-refractivity contribution is -0.0209. The first-order chi connectivity index (χ1) is 12.2. The fourth-order valence-electron chi connectivity index (χ4n) is 5.34. The van der Waals surface area contributed by atoms with E-state index in [1.165, 1.54) is 36.8 Å². The third-order valence-electron chi connectivity index (χ3n) is 6.59. The molecule has 2 heterocycles. The smallest absolute Gasteiger partial charge is 0.124 e. The Kier molecular flexibility index (Phi) is 3.53. The largest absolute Gasteiger partial charge is 0.508 e. The van der Waals surface area contributed by atoms with Gasteiger partial charge in [0, 0.05) is 30.1 Å². The first-order valence-electron chi connectivity index (χ1n) is 9.53. The van der Waals surface area contributed by atoms with Crippen molar-refractivity contribution in [3.63, 3.8) is 0 Å². The van der Waals surface area contributed by atoms with Crippen molar-refractivity contribution in [1.29, 1.82) is 0 Å². The molecule has 1 saturated carbocycles. The maximum absolute atomic E-state index is 9.98. The highest BCUT2D eigenvalue weighted by Gasteiger charge is 2.55. The summed E-state index contributed by atoms with van der Waals surface area (Å²) < 4.78 is 6.37. The summed E-state index contributed by atoms with van der Waals surface area (Å²) in [5.74, 6) is 1.36. The Hall–Kier alpha value is -2.00. The second-order valence-corrected chi connectivity index (χ2v) is 7.92. The highest BCUT2D eigenvalue weighted by molar-refractivity contribution is 5.50. The minimum atomic E-state index is 0.125. The highest BCUT2D eigenvalue weighted by atomic mass is 16.5. The Morgan fingerprint density at radius 2 is 2.04 bits per heavy atom. The van der Waals surface area contributed by atoms with Crippen LogP contribution >= 0.6 is 0 Å². The first kappa shape index (κ1) is 15.3. The number of phenols is 1. The van der Waals surface area contributed by atoms with E-state index in [0.29, 0.717) is 11.8 Å². The molecule has 3 heteroatoms. The normalized spacial score (nSPS) is 30.4. The van der Waals surface area contributed by atoms with Gasteiger partial charge in [-0.25, -0.2) is 0 Å². The van der Waals surface area contributed by atoms with Crippen LogP contribution in [0.3, 0.4) is 0 Å². The molecule has 5 rings (SSSR count). The molecule has 1 spiro atoms. The van der Waals surface area contributed by atoms with E-state index >= 15 is 0 Å². The summed E-state index contributed by atoms with van der Waals surface area (Å²) in [6.07, 6.45) is 6.24. The van der Waals surface area contributed by atoms with Crippen LogP contribution < -0.4 is 4.74 Å². The Bertz CT molecular complexity index is 775. The Morgan fingerprint density at radius 1 is 1.16 bits per heavy atom. The summed E-state index contributed by atoms with van der Waals surface area (Å²) in [5, 5.41) is 9.98. The van der Waals surface area contributed by atoms with Crippen molar-refractivity contribution in [3.05, 3.63) is 59.7 Å². The van der Waals surface area contributed by atoms with Crippen molar-refractivity contribution in [1.82, 2.24) is 4.90 Å². The molecule has 130 valence electrons. The van der Waals surface area contributed by atoms with Crippen LogP contribution in [0.2, 0.25) is 0 Å². The number of fused-ring (bicyclic) bond motifs is 2. The van der Waals surface area contributed by atoms with Crippen LogP contribution in [0.25, 0.3) is 0 Å². The van der Waals surface area contributed by atoms with E-state index in [4.69, 9.17) is 4.74 Å². The second-order valence-electron chi connectivity index (χ2n) is 7.92. The van der Waals surface area contributed by atoms with Gasteiger partial charge < -0.3 is 9.84 Å². The average Bonchev–Trinajstić information content (AvgIpc) is 2.93. The van der Waals surface area contributed by atoms with E-state index < -0.39 is 0 Å². The molecular formula is C22H25NO2. The van der Waals surface area contributed by atoms with Gasteiger partial charge in [-0.2, -0.15) is 0 Å². The topological polar surface area (TPSA) is 32.7 Å². The summed E-state index contributed by atoms with van der Waals surface area (Å²) in [4.78, 5) is 2.65. The van der Waals surface area contributed by atoms with Gasteiger partial charge in [-0.05, 0) is 49.4 Å². The van der Waals surface area contributed by atoms with E-state index in [1.54, 1.807) is 6.07 Å². The molecule has 0 unspecified atom stereocenters. The maximum Gasteiger partial charge on any atom is 0.124 e. The van der Waals surface area contributed by atoms with Gasteiger partial charge in [0.2, 0.25) is 0 Å². The fraction of sp³-hybridized carbons (Fsp3) is 0.455. The number of rotatable bonds is 3. The minimum Gasteiger partial charge on any atom is -0.508 e. The molecule has 1 N–H and O–H groups in total. The fourth-order valence-corrected chi connectivity index (χ4v) is 5.34. The van der Waals surface area contributed by atoms with Crippen LogP contribution in [0.5, 0.6) is 11.5 Å². The van der Waals surface area contributed by atoms with Crippen molar-refractivity contribution in [2.24, 2.45) is 0 Å². The number of phenolic OH excluding ortho intramolecular Hbond substituents is 1. The van der Waals surface area contributed by atoms with E-state index in [9.17, 15) is 5.11 Å². The zero-order chi connectivity index (χ0) is 16.9. The number of ether oxygens (including phenoxy) is 1. The molecule has 1 aliphatic carbocycles. The van der Waals surface area contributed by atoms with Gasteiger partial charge in [-0.15, -0.1) is 0 Å².